The number of aromatic hydroxyl groups is 1. The molecule has 0 fully saturated rings. The predicted molar refractivity (Wildman–Crippen MR) is 58.9 cm³/mol. The average molecular weight is 212 g/mol. The van der Waals surface area contributed by atoms with Crippen molar-refractivity contribution in [2.24, 2.45) is 11.7 Å². The molecule has 0 aromatic heterocycles. The van der Waals surface area contributed by atoms with Crippen LogP contribution in [0, 0.1) is 11.7 Å². The number of benzene rings is 1. The maximum absolute atomic E-state index is 13.1. The minimum atomic E-state index is -0.473. The molecule has 0 aliphatic rings. The summed E-state index contributed by atoms with van der Waals surface area (Å²) in [6.07, 6.45) is 0.677. The van der Waals surface area contributed by atoms with Crippen molar-refractivity contribution in [2.75, 3.05) is 5.73 Å². The first-order chi connectivity index (χ1) is 6.91. The van der Waals surface area contributed by atoms with Gasteiger partial charge in [0, 0.05) is 17.7 Å². The lowest BCUT2D eigenvalue weighted by Gasteiger charge is -2.16. The molecule has 0 bridgehead atoms. The van der Waals surface area contributed by atoms with Crippen molar-refractivity contribution in [3.8, 4) is 5.75 Å². The molecule has 3 nitrogen and oxygen atoms in total. The Morgan fingerprint density at radius 2 is 2.00 bits per heavy atom. The highest BCUT2D eigenvalue weighted by Crippen LogP contribution is 2.32. The Morgan fingerprint density at radius 3 is 2.53 bits per heavy atom. The first-order valence-electron chi connectivity index (χ1n) is 4.95. The van der Waals surface area contributed by atoms with Crippen molar-refractivity contribution in [3.05, 3.63) is 23.5 Å². The second kappa shape index (κ2) is 4.49. The number of hydrogen-bond donors (Lipinski definition) is 3. The maximum atomic E-state index is 13.1. The SMILES string of the molecule is CC(C)C[C@@H](N)c1cc(F)cc(N)c1O. The molecule has 4 heteroatoms. The molecule has 0 unspecified atom stereocenters. The third kappa shape index (κ3) is 2.83. The number of phenols is 1. The van der Waals surface area contributed by atoms with Gasteiger partial charge in [0.2, 0.25) is 0 Å². The van der Waals surface area contributed by atoms with Gasteiger partial charge in [0.15, 0.2) is 0 Å². The first kappa shape index (κ1) is 11.8. The zero-order valence-electron chi connectivity index (χ0n) is 9.00. The van der Waals surface area contributed by atoms with E-state index in [-0.39, 0.29) is 17.5 Å². The molecule has 1 atom stereocenters. The average Bonchev–Trinajstić information content (AvgIpc) is 2.09. The van der Waals surface area contributed by atoms with Crippen molar-refractivity contribution < 1.29 is 9.50 Å². The number of phenolic OH excluding ortho intramolecular Hbond substituents is 1. The van der Waals surface area contributed by atoms with Gasteiger partial charge >= 0.3 is 0 Å². The van der Waals surface area contributed by atoms with Gasteiger partial charge in [-0.15, -0.1) is 0 Å². The van der Waals surface area contributed by atoms with E-state index in [2.05, 4.69) is 0 Å². The lowest BCUT2D eigenvalue weighted by atomic mass is 9.96. The topological polar surface area (TPSA) is 72.3 Å². The highest BCUT2D eigenvalue weighted by Gasteiger charge is 2.15. The molecule has 0 radical (unpaired) electrons. The van der Waals surface area contributed by atoms with Crippen LogP contribution in [0.15, 0.2) is 12.1 Å². The van der Waals surface area contributed by atoms with Crippen molar-refractivity contribution in [1.82, 2.24) is 0 Å². The summed E-state index contributed by atoms with van der Waals surface area (Å²) in [6, 6.07) is 1.93. The lowest BCUT2D eigenvalue weighted by molar-refractivity contribution is 0.444. The quantitative estimate of drug-likeness (QED) is 0.531. The molecule has 15 heavy (non-hydrogen) atoms. The van der Waals surface area contributed by atoms with Gasteiger partial charge in [0.05, 0.1) is 5.69 Å². The predicted octanol–water partition coefficient (Wildman–Crippen LogP) is 2.16. The summed E-state index contributed by atoms with van der Waals surface area (Å²) in [6.45, 7) is 4.03. The third-order valence-corrected chi connectivity index (χ3v) is 2.26. The van der Waals surface area contributed by atoms with Gasteiger partial charge in [-0.25, -0.2) is 4.39 Å². The Morgan fingerprint density at radius 1 is 1.40 bits per heavy atom. The highest BCUT2D eigenvalue weighted by atomic mass is 19.1. The normalized spacial score (nSPS) is 13.1. The molecule has 1 aromatic rings. The van der Waals surface area contributed by atoms with E-state index in [1.807, 2.05) is 13.8 Å². The van der Waals surface area contributed by atoms with Gasteiger partial charge in [0.1, 0.15) is 11.6 Å². The Hall–Kier alpha value is -1.29. The van der Waals surface area contributed by atoms with Crippen LogP contribution in [0.1, 0.15) is 31.9 Å². The summed E-state index contributed by atoms with van der Waals surface area (Å²) in [5.41, 5.74) is 11.7. The summed E-state index contributed by atoms with van der Waals surface area (Å²) in [5, 5.41) is 9.63. The largest absolute Gasteiger partial charge is 0.505 e. The van der Waals surface area contributed by atoms with E-state index in [4.69, 9.17) is 11.5 Å². The van der Waals surface area contributed by atoms with E-state index in [9.17, 15) is 9.50 Å². The number of halogens is 1. The first-order valence-corrected chi connectivity index (χ1v) is 4.95. The standard InChI is InChI=1S/C11H17FN2O/c1-6(2)3-9(13)8-4-7(12)5-10(14)11(8)15/h4-6,9,15H,3,13-14H2,1-2H3/t9-/m1/s1. The molecule has 0 spiro atoms. The molecule has 1 aromatic carbocycles. The molecule has 1 rings (SSSR count). The number of rotatable bonds is 3. The van der Waals surface area contributed by atoms with Crippen LogP contribution >= 0.6 is 0 Å². The zero-order chi connectivity index (χ0) is 11.6. The summed E-state index contributed by atoms with van der Waals surface area (Å²) >= 11 is 0. The van der Waals surface area contributed by atoms with E-state index in [0.29, 0.717) is 17.9 Å². The minimum absolute atomic E-state index is 0.0317. The smallest absolute Gasteiger partial charge is 0.143 e. The Bertz CT molecular complexity index is 353. The van der Waals surface area contributed by atoms with Crippen LogP contribution in [0.4, 0.5) is 10.1 Å². The minimum Gasteiger partial charge on any atom is -0.505 e. The van der Waals surface area contributed by atoms with Gasteiger partial charge in [-0.05, 0) is 18.4 Å². The number of anilines is 1. The van der Waals surface area contributed by atoms with Crippen molar-refractivity contribution in [1.29, 1.82) is 0 Å². The van der Waals surface area contributed by atoms with Crippen LogP contribution in [0.25, 0.3) is 0 Å². The summed E-state index contributed by atoms with van der Waals surface area (Å²) in [7, 11) is 0. The van der Waals surface area contributed by atoms with E-state index in [1.54, 1.807) is 0 Å². The van der Waals surface area contributed by atoms with Gasteiger partial charge in [-0.2, -0.15) is 0 Å². The fourth-order valence-electron chi connectivity index (χ4n) is 1.56. The van der Waals surface area contributed by atoms with Crippen LogP contribution in [-0.2, 0) is 0 Å². The highest BCUT2D eigenvalue weighted by molar-refractivity contribution is 5.57. The summed E-state index contributed by atoms with van der Waals surface area (Å²) in [5.74, 6) is -0.201. The molecule has 0 heterocycles. The van der Waals surface area contributed by atoms with Crippen LogP contribution in [0.3, 0.4) is 0 Å². The third-order valence-electron chi connectivity index (χ3n) is 2.26. The maximum Gasteiger partial charge on any atom is 0.143 e. The number of nitrogen functional groups attached to an aromatic ring is 1. The summed E-state index contributed by atoms with van der Waals surface area (Å²) in [4.78, 5) is 0. The Balaban J connectivity index is 3.02. The van der Waals surface area contributed by atoms with Crippen LogP contribution < -0.4 is 11.5 Å². The second-order valence-corrected chi connectivity index (χ2v) is 4.17. The second-order valence-electron chi connectivity index (χ2n) is 4.17. The fourth-order valence-corrected chi connectivity index (χ4v) is 1.56. The van der Waals surface area contributed by atoms with E-state index in [1.165, 1.54) is 6.07 Å². The van der Waals surface area contributed by atoms with E-state index < -0.39 is 5.82 Å². The van der Waals surface area contributed by atoms with Gasteiger partial charge in [0.25, 0.3) is 0 Å². The molecule has 0 saturated heterocycles. The van der Waals surface area contributed by atoms with Gasteiger partial charge < -0.3 is 16.6 Å². The van der Waals surface area contributed by atoms with Gasteiger partial charge in [-0.3, -0.25) is 0 Å². The van der Waals surface area contributed by atoms with Crippen LogP contribution in [0.2, 0.25) is 0 Å². The van der Waals surface area contributed by atoms with Gasteiger partial charge in [-0.1, -0.05) is 13.8 Å². The summed E-state index contributed by atoms with van der Waals surface area (Å²) < 4.78 is 13.1. The van der Waals surface area contributed by atoms with Crippen molar-refractivity contribution in [2.45, 2.75) is 26.3 Å². The van der Waals surface area contributed by atoms with Crippen molar-refractivity contribution >= 4 is 5.69 Å². The Kier molecular flexibility index (Phi) is 3.52. The molecule has 0 aliphatic heterocycles. The molecule has 84 valence electrons. The van der Waals surface area contributed by atoms with Crippen LogP contribution in [-0.4, -0.2) is 5.11 Å². The monoisotopic (exact) mass is 212 g/mol. The molecular weight excluding hydrogens is 195 g/mol. The molecule has 5 N–H and O–H groups in total. The molecule has 0 saturated carbocycles. The van der Waals surface area contributed by atoms with Crippen molar-refractivity contribution in [3.63, 3.8) is 0 Å². The number of nitrogens with two attached hydrogens (primary N) is 2. The molecule has 0 amide bonds. The lowest BCUT2D eigenvalue weighted by Crippen LogP contribution is -2.14. The number of hydrogen-bond acceptors (Lipinski definition) is 3. The Labute approximate surface area is 88.9 Å². The zero-order valence-corrected chi connectivity index (χ0v) is 9.00. The molecule has 0 aliphatic carbocycles. The molecular formula is C11H17FN2O. The fraction of sp³-hybridized carbons (Fsp3) is 0.455. The van der Waals surface area contributed by atoms with E-state index >= 15 is 0 Å². The van der Waals surface area contributed by atoms with E-state index in [0.717, 1.165) is 6.07 Å². The van der Waals surface area contributed by atoms with Crippen LogP contribution in [0.5, 0.6) is 5.75 Å².